The molecule has 2 heterocycles. The summed E-state index contributed by atoms with van der Waals surface area (Å²) in [6.07, 6.45) is -4.55. The van der Waals surface area contributed by atoms with Crippen LogP contribution in [0.3, 0.4) is 0 Å². The predicted molar refractivity (Wildman–Crippen MR) is 253 cm³/mol. The maximum Gasteiger partial charge on any atom is 0.416 e. The summed E-state index contributed by atoms with van der Waals surface area (Å²) in [5.74, 6) is 0.547. The van der Waals surface area contributed by atoms with Gasteiger partial charge in [0, 0.05) is 38.6 Å². The number of halogens is 3. The van der Waals surface area contributed by atoms with Gasteiger partial charge in [-0.25, -0.2) is 9.97 Å². The Morgan fingerprint density at radius 3 is 1.65 bits per heavy atom. The number of benzene rings is 8. The van der Waals surface area contributed by atoms with Crippen molar-refractivity contribution in [1.29, 1.82) is 0 Å². The molecule has 6 heteroatoms. The first-order valence-corrected chi connectivity index (χ1v) is 21.0. The van der Waals surface area contributed by atoms with Crippen LogP contribution >= 0.6 is 0 Å². The fourth-order valence-electron chi connectivity index (χ4n) is 9.21. The molecule has 0 radical (unpaired) electrons. The van der Waals surface area contributed by atoms with E-state index in [-0.39, 0.29) is 0 Å². The number of aryl methyl sites for hydroxylation is 4. The lowest BCUT2D eigenvalue weighted by Gasteiger charge is -2.22. The van der Waals surface area contributed by atoms with Gasteiger partial charge < -0.3 is 4.57 Å². The molecule has 0 atom stereocenters. The number of alkyl halides is 3. The molecule has 0 saturated carbocycles. The van der Waals surface area contributed by atoms with E-state index in [0.29, 0.717) is 22.6 Å². The topological polar surface area (TPSA) is 30.7 Å². The van der Waals surface area contributed by atoms with E-state index in [4.69, 9.17) is 9.97 Å². The van der Waals surface area contributed by atoms with Gasteiger partial charge in [0.1, 0.15) is 0 Å². The Hall–Kier alpha value is -7.57. The molecule has 0 fully saturated rings. The van der Waals surface area contributed by atoms with Gasteiger partial charge in [0.15, 0.2) is 5.82 Å². The number of hydrogen-bond acceptors (Lipinski definition) is 2. The maximum absolute atomic E-state index is 14.7. The highest BCUT2D eigenvalue weighted by atomic mass is 19.4. The van der Waals surface area contributed by atoms with E-state index < -0.39 is 11.7 Å². The first-order chi connectivity index (χ1) is 30.5. The van der Waals surface area contributed by atoms with E-state index in [2.05, 4.69) is 99.0 Å². The molecular formula is C57H42F3N3. The minimum absolute atomic E-state index is 0.435. The highest BCUT2D eigenvalue weighted by Crippen LogP contribution is 2.46. The molecule has 306 valence electrons. The highest BCUT2D eigenvalue weighted by Gasteiger charge is 2.31. The molecule has 0 aliphatic rings. The minimum atomic E-state index is -4.55. The third kappa shape index (κ3) is 7.38. The van der Waals surface area contributed by atoms with E-state index in [1.807, 2.05) is 91.0 Å². The molecule has 10 aromatic rings. The summed E-state index contributed by atoms with van der Waals surface area (Å²) in [5.41, 5.74) is 15.7. The molecule has 0 amide bonds. The van der Waals surface area contributed by atoms with E-state index in [9.17, 15) is 13.2 Å². The van der Waals surface area contributed by atoms with Crippen LogP contribution in [0.15, 0.2) is 182 Å². The molecule has 0 saturated heterocycles. The molecule has 0 bridgehead atoms. The zero-order valence-electron chi connectivity index (χ0n) is 35.3. The summed E-state index contributed by atoms with van der Waals surface area (Å²) in [4.78, 5) is 10.2. The SMILES string of the molecule is Cc1cccc(-c2cc(-c3cc(-c4ccccc4)nc(-c4ccccc4)n3)cc(-c3cccc(C(F)(F)F)c3)c2-n2c3ccccc3c3cc(-c4c(C)cc(C)cc4C)ccc32)c1. The van der Waals surface area contributed by atoms with Crippen molar-refractivity contribution in [3.8, 4) is 73.0 Å². The zero-order valence-corrected chi connectivity index (χ0v) is 35.3. The van der Waals surface area contributed by atoms with Crippen LogP contribution in [0.2, 0.25) is 0 Å². The highest BCUT2D eigenvalue weighted by molar-refractivity contribution is 6.12. The Balaban J connectivity index is 1.33. The van der Waals surface area contributed by atoms with Gasteiger partial charge in [-0.1, -0.05) is 145 Å². The van der Waals surface area contributed by atoms with Crippen LogP contribution in [-0.2, 0) is 6.18 Å². The minimum Gasteiger partial charge on any atom is -0.308 e. The first kappa shape index (κ1) is 39.6. The van der Waals surface area contributed by atoms with Gasteiger partial charge in [-0.15, -0.1) is 0 Å². The van der Waals surface area contributed by atoms with E-state index in [0.717, 1.165) is 78.2 Å². The zero-order chi connectivity index (χ0) is 43.4. The summed E-state index contributed by atoms with van der Waals surface area (Å²) < 4.78 is 46.2. The second-order valence-electron chi connectivity index (χ2n) is 16.4. The van der Waals surface area contributed by atoms with Crippen molar-refractivity contribution >= 4 is 21.8 Å². The van der Waals surface area contributed by atoms with Gasteiger partial charge in [-0.05, 0) is 110 Å². The summed E-state index contributed by atoms with van der Waals surface area (Å²) in [6.45, 7) is 8.49. The average molecular weight is 826 g/mol. The van der Waals surface area contributed by atoms with Gasteiger partial charge in [0.2, 0.25) is 0 Å². The van der Waals surface area contributed by atoms with Crippen molar-refractivity contribution in [2.45, 2.75) is 33.9 Å². The predicted octanol–water partition coefficient (Wildman–Crippen LogP) is 15.8. The lowest BCUT2D eigenvalue weighted by atomic mass is 9.90. The quantitative estimate of drug-likeness (QED) is 0.160. The second kappa shape index (κ2) is 15.7. The van der Waals surface area contributed by atoms with Gasteiger partial charge >= 0.3 is 6.18 Å². The largest absolute Gasteiger partial charge is 0.416 e. The van der Waals surface area contributed by atoms with E-state index in [1.54, 1.807) is 6.07 Å². The lowest BCUT2D eigenvalue weighted by molar-refractivity contribution is -0.137. The standard InChI is InChI=1S/C57H42F3N3/c1-35-15-13-20-41(29-35)47-32-44(51-34-50(39-16-7-5-8-17-39)61-56(62-51)40-18-9-6-10-19-40)33-48(42-21-14-22-45(30-42)57(58,59)60)55(47)63-52-24-12-11-23-46(52)49-31-43(25-26-53(49)63)54-37(3)27-36(2)28-38(54)4/h5-34H,1-4H3. The molecular weight excluding hydrogens is 784 g/mol. The number of nitrogens with zero attached hydrogens (tertiary/aromatic N) is 3. The molecule has 3 nitrogen and oxygen atoms in total. The Morgan fingerprint density at radius 2 is 0.984 bits per heavy atom. The smallest absolute Gasteiger partial charge is 0.308 e. The van der Waals surface area contributed by atoms with E-state index in [1.165, 1.54) is 34.4 Å². The van der Waals surface area contributed by atoms with Crippen LogP contribution in [0.4, 0.5) is 13.2 Å². The third-order valence-corrected chi connectivity index (χ3v) is 11.9. The van der Waals surface area contributed by atoms with Crippen LogP contribution in [-0.4, -0.2) is 14.5 Å². The summed E-state index contributed by atoms with van der Waals surface area (Å²) in [6, 6.07) is 59.2. The Morgan fingerprint density at radius 1 is 0.413 bits per heavy atom. The van der Waals surface area contributed by atoms with Crippen LogP contribution < -0.4 is 0 Å². The van der Waals surface area contributed by atoms with E-state index >= 15 is 0 Å². The first-order valence-electron chi connectivity index (χ1n) is 21.0. The summed E-state index contributed by atoms with van der Waals surface area (Å²) in [7, 11) is 0. The number of aromatic nitrogens is 3. The number of rotatable bonds is 7. The van der Waals surface area contributed by atoms with Crippen molar-refractivity contribution in [2.24, 2.45) is 0 Å². The summed E-state index contributed by atoms with van der Waals surface area (Å²) in [5, 5.41) is 2.09. The number of hydrogen-bond donors (Lipinski definition) is 0. The van der Waals surface area contributed by atoms with Gasteiger partial charge in [0.25, 0.3) is 0 Å². The molecule has 0 unspecified atom stereocenters. The number of para-hydroxylation sites is 1. The van der Waals surface area contributed by atoms with Crippen molar-refractivity contribution < 1.29 is 13.2 Å². The molecule has 10 rings (SSSR count). The fraction of sp³-hybridized carbons (Fsp3) is 0.0877. The maximum atomic E-state index is 14.7. The van der Waals surface area contributed by atoms with Crippen molar-refractivity contribution in [2.75, 3.05) is 0 Å². The number of fused-ring (bicyclic) bond motifs is 3. The molecule has 0 aliphatic carbocycles. The molecule has 63 heavy (non-hydrogen) atoms. The average Bonchev–Trinajstić information content (AvgIpc) is 3.62. The normalized spacial score (nSPS) is 11.7. The monoisotopic (exact) mass is 825 g/mol. The molecule has 0 spiro atoms. The molecule has 0 N–H and O–H groups in total. The Labute approximate surface area is 364 Å². The van der Waals surface area contributed by atoms with Gasteiger partial charge in [-0.2, -0.15) is 13.2 Å². The van der Waals surface area contributed by atoms with Gasteiger partial charge in [0.05, 0.1) is 33.7 Å². The van der Waals surface area contributed by atoms with Crippen molar-refractivity contribution in [3.05, 3.63) is 210 Å². The van der Waals surface area contributed by atoms with Crippen molar-refractivity contribution in [3.63, 3.8) is 0 Å². The van der Waals surface area contributed by atoms with Gasteiger partial charge in [-0.3, -0.25) is 0 Å². The molecule has 8 aromatic carbocycles. The summed E-state index contributed by atoms with van der Waals surface area (Å²) >= 11 is 0. The Bertz CT molecular complexity index is 3280. The van der Waals surface area contributed by atoms with Crippen LogP contribution in [0.25, 0.3) is 94.8 Å². The lowest BCUT2D eigenvalue weighted by Crippen LogP contribution is -2.06. The molecule has 0 aliphatic heterocycles. The van der Waals surface area contributed by atoms with Crippen LogP contribution in [0.1, 0.15) is 27.8 Å². The third-order valence-electron chi connectivity index (χ3n) is 11.9. The van der Waals surface area contributed by atoms with Crippen LogP contribution in [0, 0.1) is 27.7 Å². The van der Waals surface area contributed by atoms with Crippen LogP contribution in [0.5, 0.6) is 0 Å². The fourth-order valence-corrected chi connectivity index (χ4v) is 9.21. The second-order valence-corrected chi connectivity index (χ2v) is 16.4. The molecule has 2 aromatic heterocycles. The Kier molecular flexibility index (Phi) is 9.87. The van der Waals surface area contributed by atoms with Crippen molar-refractivity contribution in [1.82, 2.24) is 14.5 Å².